The number of likely N-dealkylation sites (tertiary alicyclic amines) is 1. The Balaban J connectivity index is 0.877. The number of carbonyl (C=O) groups excluding carboxylic acids is 2. The molecule has 75 heavy (non-hydrogen) atoms. The zero-order chi connectivity index (χ0) is 52.8. The van der Waals surface area contributed by atoms with Crippen LogP contribution in [0.3, 0.4) is 0 Å². The van der Waals surface area contributed by atoms with Crippen molar-refractivity contribution < 1.29 is 37.4 Å². The molecule has 0 spiro atoms. The van der Waals surface area contributed by atoms with E-state index >= 15 is 13.6 Å². The number of Topliss-reactive ketones (excluding diaryl/α,β-unsaturated/α-hetero) is 1. The van der Waals surface area contributed by atoms with E-state index in [4.69, 9.17) is 4.98 Å². The summed E-state index contributed by atoms with van der Waals surface area (Å²) in [5.74, 6) is -5.80. The van der Waals surface area contributed by atoms with Gasteiger partial charge in [-0.25, -0.2) is 22.5 Å². The molecule has 2 N–H and O–H groups in total. The van der Waals surface area contributed by atoms with Crippen molar-refractivity contribution in [1.82, 2.24) is 14.9 Å². The van der Waals surface area contributed by atoms with E-state index < -0.39 is 70.0 Å². The highest BCUT2D eigenvalue weighted by molar-refractivity contribution is 5.87. The quantitative estimate of drug-likeness (QED) is 0.131. The number of aromatic nitrogens is 2. The summed E-state index contributed by atoms with van der Waals surface area (Å²) in [7, 11) is 0. The Labute approximate surface area is 437 Å². The number of carbonyl (C=O) groups is 2. The van der Waals surface area contributed by atoms with Gasteiger partial charge in [0.1, 0.15) is 34.9 Å². The van der Waals surface area contributed by atoms with E-state index in [2.05, 4.69) is 18.8 Å². The van der Waals surface area contributed by atoms with Gasteiger partial charge in [0.05, 0.1) is 29.0 Å². The molecule has 2 aromatic heterocycles. The second kappa shape index (κ2) is 21.3. The number of benzene rings is 4. The van der Waals surface area contributed by atoms with Gasteiger partial charge < -0.3 is 24.9 Å². The zero-order valence-electron chi connectivity index (χ0n) is 43.1. The fourth-order valence-electron chi connectivity index (χ4n) is 13.6. The van der Waals surface area contributed by atoms with Crippen LogP contribution in [0, 0.1) is 64.7 Å². The number of nitrogens with zero attached hydrogens (tertiary/aromatic N) is 5. The smallest absolute Gasteiger partial charge is 0.228 e. The molecule has 6 aromatic rings. The molecular formula is C62H67F4N5O4. The number of hydrogen-bond acceptors (Lipinski definition) is 8. The number of amides is 1. The van der Waals surface area contributed by atoms with Crippen molar-refractivity contribution in [1.29, 1.82) is 0 Å². The summed E-state index contributed by atoms with van der Waals surface area (Å²) in [5.41, 5.74) is 2.22. The summed E-state index contributed by atoms with van der Waals surface area (Å²) >= 11 is 0. The van der Waals surface area contributed by atoms with E-state index in [9.17, 15) is 23.8 Å². The van der Waals surface area contributed by atoms with Crippen LogP contribution in [0.2, 0.25) is 0 Å². The van der Waals surface area contributed by atoms with Crippen LogP contribution in [0.1, 0.15) is 93.9 Å². The molecule has 4 fully saturated rings. The molecule has 9 nitrogen and oxygen atoms in total. The van der Waals surface area contributed by atoms with Crippen LogP contribution < -0.4 is 9.80 Å². The highest BCUT2D eigenvalue weighted by Crippen LogP contribution is 2.48. The maximum atomic E-state index is 15.9. The van der Waals surface area contributed by atoms with Crippen LogP contribution in [0.25, 0.3) is 11.1 Å². The third-order valence-electron chi connectivity index (χ3n) is 17.9. The van der Waals surface area contributed by atoms with Gasteiger partial charge in [-0.2, -0.15) is 0 Å². The third kappa shape index (κ3) is 9.87. The van der Waals surface area contributed by atoms with Crippen LogP contribution >= 0.6 is 0 Å². The van der Waals surface area contributed by atoms with Crippen molar-refractivity contribution in [2.75, 3.05) is 49.1 Å². The Morgan fingerprint density at radius 3 is 1.80 bits per heavy atom. The predicted molar refractivity (Wildman–Crippen MR) is 283 cm³/mol. The minimum absolute atomic E-state index is 0.0342. The summed E-state index contributed by atoms with van der Waals surface area (Å²) in [5, 5.41) is 25.0. The van der Waals surface area contributed by atoms with E-state index in [1.54, 1.807) is 23.5 Å². The first kappa shape index (κ1) is 52.0. The standard InChI is InChI=1S/C62H67F4N5O4/c1-38-11-8-12-43(18-17-39(2)61(38,74)44-13-6-5-7-14-44)58(72)54-36-70(35-52(54)50-25-23-46(63)29-56(50)65)59-49(16-10-28-68-59)42-19-21-45(22-20-42)62(75)40(3)32-71(33-41(62)4)60(73)55-37-69(48-15-9-27-67-31-48)34-53(55)51-26-24-47(64)30-57(51)66/h5-7,9-10,13-16,19-31,38-41,43,52-55,74-75H,8,11-12,17-18,32-37H2,1-4H3/t38-,39+,40-,41+,43?,52+,53+,54-,55-,61+,62?/m1/s1. The molecule has 2 unspecified atom stereocenters. The summed E-state index contributed by atoms with van der Waals surface area (Å²) < 4.78 is 59.8. The van der Waals surface area contributed by atoms with Crippen molar-refractivity contribution in [3.8, 4) is 11.1 Å². The maximum absolute atomic E-state index is 15.9. The Hall–Kier alpha value is -6.44. The van der Waals surface area contributed by atoms with Crippen LogP contribution in [0.4, 0.5) is 29.1 Å². The van der Waals surface area contributed by atoms with E-state index in [1.165, 1.54) is 24.3 Å². The zero-order valence-corrected chi connectivity index (χ0v) is 43.1. The van der Waals surface area contributed by atoms with Gasteiger partial charge in [-0.05, 0) is 102 Å². The van der Waals surface area contributed by atoms with Gasteiger partial charge in [-0.15, -0.1) is 0 Å². The van der Waals surface area contributed by atoms with Crippen molar-refractivity contribution >= 4 is 23.2 Å². The Bertz CT molecular complexity index is 2990. The highest BCUT2D eigenvalue weighted by Gasteiger charge is 2.50. The molecule has 392 valence electrons. The van der Waals surface area contributed by atoms with Gasteiger partial charge in [0.15, 0.2) is 0 Å². The van der Waals surface area contributed by atoms with E-state index in [1.807, 2.05) is 103 Å². The summed E-state index contributed by atoms with van der Waals surface area (Å²) in [6, 6.07) is 32.2. The molecule has 4 aliphatic rings. The first-order chi connectivity index (χ1) is 36.1. The molecule has 0 radical (unpaired) electrons. The van der Waals surface area contributed by atoms with Crippen molar-refractivity contribution in [3.05, 3.63) is 179 Å². The lowest BCUT2D eigenvalue weighted by Crippen LogP contribution is -2.57. The number of hydrogen-bond donors (Lipinski definition) is 2. The molecule has 11 atom stereocenters. The van der Waals surface area contributed by atoms with Crippen molar-refractivity contribution in [2.24, 2.45) is 41.4 Å². The van der Waals surface area contributed by atoms with E-state index in [0.717, 1.165) is 47.4 Å². The molecule has 1 amide bonds. The second-order valence-corrected chi connectivity index (χ2v) is 22.2. The van der Waals surface area contributed by atoms with Gasteiger partial charge in [0.25, 0.3) is 0 Å². The first-order valence-electron chi connectivity index (χ1n) is 26.7. The number of aliphatic hydroxyl groups is 2. The number of piperidine rings is 1. The fourth-order valence-corrected chi connectivity index (χ4v) is 13.6. The third-order valence-corrected chi connectivity index (χ3v) is 17.9. The summed E-state index contributed by atoms with van der Waals surface area (Å²) in [4.78, 5) is 44.7. The summed E-state index contributed by atoms with van der Waals surface area (Å²) in [6.45, 7) is 9.79. The SMILES string of the molecule is C[C@@H]1CN(C(=O)[C@@H]2CN(c3cccnc3)C[C@H]2c2ccc(F)cc2F)C[C@H](C)C1(O)c1ccc(-c2cccnc2N2C[C@@H](C(=O)C3CCC[C@@H](C)[C@@](O)(c4ccccc4)[C@@H](C)CC3)[C@H](c3ccc(F)cc3F)C2)cc1. The number of ketones is 1. The Kier molecular flexibility index (Phi) is 14.8. The van der Waals surface area contributed by atoms with Gasteiger partial charge in [-0.1, -0.05) is 101 Å². The predicted octanol–water partition coefficient (Wildman–Crippen LogP) is 11.5. The average molecular weight is 1020 g/mol. The molecule has 3 aliphatic heterocycles. The minimum atomic E-state index is -1.31. The summed E-state index contributed by atoms with van der Waals surface area (Å²) in [6.07, 6.45) is 8.45. The average Bonchev–Trinajstić information content (AvgIpc) is 4.08. The number of pyridine rings is 2. The lowest BCUT2D eigenvalue weighted by atomic mass is 9.70. The van der Waals surface area contributed by atoms with Crippen LogP contribution in [-0.2, 0) is 20.8 Å². The van der Waals surface area contributed by atoms with Gasteiger partial charge >= 0.3 is 0 Å². The normalized spacial score (nSPS) is 29.4. The topological polar surface area (TPSA) is 110 Å². The Morgan fingerprint density at radius 1 is 0.573 bits per heavy atom. The highest BCUT2D eigenvalue weighted by atomic mass is 19.1. The monoisotopic (exact) mass is 1020 g/mol. The fraction of sp³-hybridized carbons (Fsp3) is 0.419. The van der Waals surface area contributed by atoms with Crippen LogP contribution in [-0.4, -0.2) is 76.0 Å². The molecular weight excluding hydrogens is 955 g/mol. The maximum Gasteiger partial charge on any atom is 0.228 e. The van der Waals surface area contributed by atoms with Crippen LogP contribution in [0.15, 0.2) is 134 Å². The molecule has 1 aliphatic carbocycles. The molecule has 13 heteroatoms. The van der Waals surface area contributed by atoms with Crippen molar-refractivity contribution in [3.63, 3.8) is 0 Å². The first-order valence-corrected chi connectivity index (χ1v) is 26.7. The van der Waals surface area contributed by atoms with Crippen LogP contribution in [0.5, 0.6) is 0 Å². The molecule has 5 heterocycles. The van der Waals surface area contributed by atoms with Crippen molar-refractivity contribution in [2.45, 2.75) is 82.8 Å². The van der Waals surface area contributed by atoms with E-state index in [-0.39, 0.29) is 61.2 Å². The molecule has 4 aromatic carbocycles. The van der Waals surface area contributed by atoms with Gasteiger partial charge in [0, 0.05) is 105 Å². The van der Waals surface area contributed by atoms with Gasteiger partial charge in [0.2, 0.25) is 5.91 Å². The largest absolute Gasteiger partial charge is 0.385 e. The minimum Gasteiger partial charge on any atom is -0.385 e. The van der Waals surface area contributed by atoms with E-state index in [0.29, 0.717) is 49.3 Å². The molecule has 0 bridgehead atoms. The lowest BCUT2D eigenvalue weighted by Gasteiger charge is -2.48. The molecule has 10 rings (SSSR count). The lowest BCUT2D eigenvalue weighted by molar-refractivity contribution is -0.152. The number of anilines is 2. The van der Waals surface area contributed by atoms with Gasteiger partial charge in [-0.3, -0.25) is 14.6 Å². The Morgan fingerprint density at radius 2 is 1.16 bits per heavy atom. The molecule has 1 saturated carbocycles. The number of halogens is 4. The molecule has 3 saturated heterocycles. The second-order valence-electron chi connectivity index (χ2n) is 22.2. The number of rotatable bonds is 10.